The predicted molar refractivity (Wildman–Crippen MR) is 51.2 cm³/mol. The van der Waals surface area contributed by atoms with Crippen molar-refractivity contribution in [2.24, 2.45) is 0 Å². The van der Waals surface area contributed by atoms with Crippen molar-refractivity contribution in [2.75, 3.05) is 7.11 Å². The molecule has 2 rings (SSSR count). The average molecular weight is 192 g/mol. The van der Waals surface area contributed by atoms with Gasteiger partial charge in [-0.2, -0.15) is 0 Å². The maximum absolute atomic E-state index is 11.0. The highest BCUT2D eigenvalue weighted by atomic mass is 16.5. The molecular formula is C11H12O3. The van der Waals surface area contributed by atoms with Crippen molar-refractivity contribution in [1.29, 1.82) is 0 Å². The van der Waals surface area contributed by atoms with Crippen molar-refractivity contribution in [3.05, 3.63) is 35.4 Å². The van der Waals surface area contributed by atoms with Crippen LogP contribution in [0.2, 0.25) is 0 Å². The molecule has 1 N–H and O–H groups in total. The standard InChI is InChI=1S/C11H12O3/c1-14-10-6-9(11(12)13)7-4-2-3-5-8(7)10/h2-5,9-10H,6H2,1H3,(H,12,13). The fourth-order valence-corrected chi connectivity index (χ4v) is 2.05. The van der Waals surface area contributed by atoms with Crippen LogP contribution in [0, 0.1) is 0 Å². The number of ether oxygens (including phenoxy) is 1. The first-order valence-corrected chi connectivity index (χ1v) is 4.58. The molecule has 14 heavy (non-hydrogen) atoms. The highest BCUT2D eigenvalue weighted by Gasteiger charge is 2.34. The minimum absolute atomic E-state index is 0.0627. The number of carboxylic acid groups (broad SMARTS) is 1. The molecule has 0 aromatic heterocycles. The van der Waals surface area contributed by atoms with E-state index in [0.717, 1.165) is 11.1 Å². The summed E-state index contributed by atoms with van der Waals surface area (Å²) in [5.41, 5.74) is 1.91. The summed E-state index contributed by atoms with van der Waals surface area (Å²) in [6.45, 7) is 0. The SMILES string of the molecule is COC1CC(C(=O)O)c2ccccc21. The van der Waals surface area contributed by atoms with E-state index in [9.17, 15) is 4.79 Å². The third-order valence-electron chi connectivity index (χ3n) is 2.75. The van der Waals surface area contributed by atoms with Gasteiger partial charge in [-0.1, -0.05) is 24.3 Å². The van der Waals surface area contributed by atoms with Crippen LogP contribution in [0.1, 0.15) is 29.6 Å². The van der Waals surface area contributed by atoms with Crippen molar-refractivity contribution in [3.63, 3.8) is 0 Å². The first-order valence-electron chi connectivity index (χ1n) is 4.58. The molecule has 1 aliphatic carbocycles. The summed E-state index contributed by atoms with van der Waals surface area (Å²) < 4.78 is 5.25. The minimum atomic E-state index is -0.767. The second kappa shape index (κ2) is 3.42. The van der Waals surface area contributed by atoms with Gasteiger partial charge in [-0.05, 0) is 17.5 Å². The highest BCUT2D eigenvalue weighted by molar-refractivity contribution is 5.78. The molecule has 0 spiro atoms. The molecule has 2 atom stereocenters. The molecule has 2 unspecified atom stereocenters. The van der Waals surface area contributed by atoms with Gasteiger partial charge in [-0.25, -0.2) is 0 Å². The number of hydrogen-bond acceptors (Lipinski definition) is 2. The van der Waals surface area contributed by atoms with E-state index in [1.807, 2.05) is 24.3 Å². The Morgan fingerprint density at radius 1 is 1.43 bits per heavy atom. The number of rotatable bonds is 2. The quantitative estimate of drug-likeness (QED) is 0.779. The molecule has 0 radical (unpaired) electrons. The highest BCUT2D eigenvalue weighted by Crippen LogP contribution is 2.41. The summed E-state index contributed by atoms with van der Waals surface area (Å²) in [5.74, 6) is -1.17. The van der Waals surface area contributed by atoms with Gasteiger partial charge < -0.3 is 9.84 Å². The van der Waals surface area contributed by atoms with E-state index in [0.29, 0.717) is 6.42 Å². The number of benzene rings is 1. The van der Waals surface area contributed by atoms with Crippen molar-refractivity contribution < 1.29 is 14.6 Å². The van der Waals surface area contributed by atoms with E-state index in [-0.39, 0.29) is 6.10 Å². The molecule has 0 heterocycles. The Labute approximate surface area is 82.3 Å². The van der Waals surface area contributed by atoms with Gasteiger partial charge in [0.1, 0.15) is 0 Å². The lowest BCUT2D eigenvalue weighted by molar-refractivity contribution is -0.139. The molecule has 0 saturated carbocycles. The number of hydrogen-bond donors (Lipinski definition) is 1. The largest absolute Gasteiger partial charge is 0.481 e. The number of methoxy groups -OCH3 is 1. The second-order valence-corrected chi connectivity index (χ2v) is 3.48. The molecule has 3 nitrogen and oxygen atoms in total. The summed E-state index contributed by atoms with van der Waals surface area (Å²) in [5, 5.41) is 9.02. The Bertz CT molecular complexity index is 359. The van der Waals surface area contributed by atoms with Gasteiger partial charge in [0.05, 0.1) is 12.0 Å². The van der Waals surface area contributed by atoms with E-state index < -0.39 is 11.9 Å². The Morgan fingerprint density at radius 2 is 2.07 bits per heavy atom. The van der Waals surface area contributed by atoms with Crippen molar-refractivity contribution >= 4 is 5.97 Å². The molecule has 74 valence electrons. The van der Waals surface area contributed by atoms with E-state index in [2.05, 4.69) is 0 Å². The second-order valence-electron chi connectivity index (χ2n) is 3.48. The lowest BCUT2D eigenvalue weighted by Crippen LogP contribution is -2.08. The third kappa shape index (κ3) is 1.30. The molecule has 0 bridgehead atoms. The van der Waals surface area contributed by atoms with Gasteiger partial charge >= 0.3 is 5.97 Å². The van der Waals surface area contributed by atoms with E-state index in [1.165, 1.54) is 0 Å². The Kier molecular flexibility index (Phi) is 2.25. The van der Waals surface area contributed by atoms with Crippen LogP contribution in [0.3, 0.4) is 0 Å². The monoisotopic (exact) mass is 192 g/mol. The molecule has 0 fully saturated rings. The smallest absolute Gasteiger partial charge is 0.311 e. The van der Waals surface area contributed by atoms with Gasteiger partial charge in [0.25, 0.3) is 0 Å². The Morgan fingerprint density at radius 3 is 2.64 bits per heavy atom. The maximum atomic E-state index is 11.0. The molecule has 1 aliphatic rings. The van der Waals surface area contributed by atoms with Crippen molar-refractivity contribution in [1.82, 2.24) is 0 Å². The zero-order valence-corrected chi connectivity index (χ0v) is 7.93. The first-order chi connectivity index (χ1) is 6.74. The minimum Gasteiger partial charge on any atom is -0.481 e. The van der Waals surface area contributed by atoms with Crippen LogP contribution in [0.15, 0.2) is 24.3 Å². The van der Waals surface area contributed by atoms with Gasteiger partial charge in [-0.3, -0.25) is 4.79 Å². The molecule has 1 aromatic rings. The van der Waals surface area contributed by atoms with Crippen LogP contribution in [-0.2, 0) is 9.53 Å². The van der Waals surface area contributed by atoms with Crippen LogP contribution in [0.5, 0.6) is 0 Å². The van der Waals surface area contributed by atoms with E-state index in [1.54, 1.807) is 7.11 Å². The lowest BCUT2D eigenvalue weighted by Gasteiger charge is -2.07. The number of fused-ring (bicyclic) bond motifs is 1. The topological polar surface area (TPSA) is 46.5 Å². The van der Waals surface area contributed by atoms with Gasteiger partial charge in [-0.15, -0.1) is 0 Å². The van der Waals surface area contributed by atoms with Gasteiger partial charge in [0.2, 0.25) is 0 Å². The van der Waals surface area contributed by atoms with E-state index in [4.69, 9.17) is 9.84 Å². The fourth-order valence-electron chi connectivity index (χ4n) is 2.05. The summed E-state index contributed by atoms with van der Waals surface area (Å²) in [6, 6.07) is 7.58. The Balaban J connectivity index is 2.43. The number of carbonyl (C=O) groups is 1. The van der Waals surface area contributed by atoms with E-state index >= 15 is 0 Å². The predicted octanol–water partition coefficient (Wildman–Crippen LogP) is 1.95. The fraction of sp³-hybridized carbons (Fsp3) is 0.364. The Hall–Kier alpha value is -1.35. The van der Waals surface area contributed by atoms with Crippen molar-refractivity contribution in [2.45, 2.75) is 18.4 Å². The van der Waals surface area contributed by atoms with Crippen molar-refractivity contribution in [3.8, 4) is 0 Å². The van der Waals surface area contributed by atoms with Crippen LogP contribution in [-0.4, -0.2) is 18.2 Å². The number of aliphatic carboxylic acids is 1. The van der Waals surface area contributed by atoms with Gasteiger partial charge in [0, 0.05) is 7.11 Å². The van der Waals surface area contributed by atoms with Gasteiger partial charge in [0.15, 0.2) is 0 Å². The zero-order valence-electron chi connectivity index (χ0n) is 7.93. The van der Waals surface area contributed by atoms with Crippen LogP contribution >= 0.6 is 0 Å². The molecule has 3 heteroatoms. The summed E-state index contributed by atoms with van der Waals surface area (Å²) >= 11 is 0. The van der Waals surface area contributed by atoms with Crippen LogP contribution in [0.25, 0.3) is 0 Å². The summed E-state index contributed by atoms with van der Waals surface area (Å²) in [4.78, 5) is 11.0. The normalized spacial score (nSPS) is 24.6. The maximum Gasteiger partial charge on any atom is 0.311 e. The van der Waals surface area contributed by atoms with Crippen LogP contribution < -0.4 is 0 Å². The molecule has 0 aliphatic heterocycles. The molecule has 1 aromatic carbocycles. The number of carboxylic acids is 1. The third-order valence-corrected chi connectivity index (χ3v) is 2.75. The lowest BCUT2D eigenvalue weighted by atomic mass is 10.0. The molecule has 0 amide bonds. The molecular weight excluding hydrogens is 180 g/mol. The molecule has 0 saturated heterocycles. The summed E-state index contributed by atoms with van der Waals surface area (Å²) in [6.07, 6.45) is 0.484. The first kappa shape index (κ1) is 9.21. The summed E-state index contributed by atoms with van der Waals surface area (Å²) in [7, 11) is 1.62. The average Bonchev–Trinajstić information content (AvgIpc) is 2.56. The van der Waals surface area contributed by atoms with Crippen LogP contribution in [0.4, 0.5) is 0 Å². The zero-order chi connectivity index (χ0) is 10.1.